The SMILES string of the molecule is CCCCC1CCc2cc(C3CCC4CC(CCCC)CCC4C3)c(F)cc2C1. The topological polar surface area (TPSA) is 0 Å². The molecule has 0 spiro atoms. The minimum absolute atomic E-state index is 0.111. The first-order chi connectivity index (χ1) is 14.2. The van der Waals surface area contributed by atoms with Crippen LogP contribution in [0, 0.1) is 29.5 Å². The summed E-state index contributed by atoms with van der Waals surface area (Å²) in [4.78, 5) is 0. The Hall–Kier alpha value is -0.850. The van der Waals surface area contributed by atoms with E-state index >= 15 is 4.39 Å². The Morgan fingerprint density at radius 1 is 0.793 bits per heavy atom. The third kappa shape index (κ3) is 5.08. The van der Waals surface area contributed by atoms with Crippen molar-refractivity contribution < 1.29 is 4.39 Å². The number of aryl methyl sites for hydroxylation is 1. The fourth-order valence-electron chi connectivity index (χ4n) is 6.95. The molecule has 0 bridgehead atoms. The molecular weight excluding hydrogens is 355 g/mol. The highest BCUT2D eigenvalue weighted by Gasteiger charge is 2.36. The summed E-state index contributed by atoms with van der Waals surface area (Å²) < 4.78 is 15.2. The zero-order chi connectivity index (χ0) is 20.2. The Balaban J connectivity index is 1.39. The van der Waals surface area contributed by atoms with Crippen molar-refractivity contribution in [2.75, 3.05) is 0 Å². The Morgan fingerprint density at radius 2 is 1.52 bits per heavy atom. The Kier molecular flexibility index (Phi) is 7.35. The summed E-state index contributed by atoms with van der Waals surface area (Å²) in [5.74, 6) is 4.15. The summed E-state index contributed by atoms with van der Waals surface area (Å²) in [7, 11) is 0. The molecular formula is C28H43F. The molecule has 2 saturated carbocycles. The molecule has 162 valence electrons. The van der Waals surface area contributed by atoms with E-state index in [0.717, 1.165) is 35.7 Å². The molecule has 4 rings (SSSR count). The molecule has 0 saturated heterocycles. The Bertz CT molecular complexity index is 663. The third-order valence-electron chi connectivity index (χ3n) is 8.74. The second kappa shape index (κ2) is 9.97. The van der Waals surface area contributed by atoms with E-state index in [1.807, 2.05) is 6.07 Å². The average Bonchev–Trinajstić information content (AvgIpc) is 2.75. The molecule has 3 aliphatic rings. The molecule has 2 fully saturated rings. The van der Waals surface area contributed by atoms with Gasteiger partial charge in [-0.3, -0.25) is 0 Å². The normalized spacial score (nSPS) is 31.9. The van der Waals surface area contributed by atoms with Crippen LogP contribution in [0.1, 0.15) is 120 Å². The zero-order valence-corrected chi connectivity index (χ0v) is 19.0. The molecule has 1 aromatic carbocycles. The fraction of sp³-hybridized carbons (Fsp3) is 0.786. The Labute approximate surface area is 179 Å². The van der Waals surface area contributed by atoms with Crippen molar-refractivity contribution in [3.8, 4) is 0 Å². The highest BCUT2D eigenvalue weighted by atomic mass is 19.1. The lowest BCUT2D eigenvalue weighted by Gasteiger charge is -2.42. The van der Waals surface area contributed by atoms with Gasteiger partial charge in [0, 0.05) is 0 Å². The van der Waals surface area contributed by atoms with Crippen LogP contribution in [-0.2, 0) is 12.8 Å². The predicted molar refractivity (Wildman–Crippen MR) is 122 cm³/mol. The summed E-state index contributed by atoms with van der Waals surface area (Å²) in [5, 5.41) is 0. The summed E-state index contributed by atoms with van der Waals surface area (Å²) in [6, 6.07) is 4.25. The van der Waals surface area contributed by atoms with Crippen molar-refractivity contribution in [2.45, 2.75) is 116 Å². The summed E-state index contributed by atoms with van der Waals surface area (Å²) >= 11 is 0. The van der Waals surface area contributed by atoms with Crippen molar-refractivity contribution in [3.05, 3.63) is 34.6 Å². The molecule has 0 heterocycles. The highest BCUT2D eigenvalue weighted by molar-refractivity contribution is 5.37. The maximum atomic E-state index is 15.2. The molecule has 0 amide bonds. The van der Waals surface area contributed by atoms with Gasteiger partial charge < -0.3 is 0 Å². The van der Waals surface area contributed by atoms with Crippen LogP contribution < -0.4 is 0 Å². The second-order valence-electron chi connectivity index (χ2n) is 10.7. The summed E-state index contributed by atoms with van der Waals surface area (Å²) in [5.41, 5.74) is 3.87. The molecule has 0 N–H and O–H groups in total. The monoisotopic (exact) mass is 398 g/mol. The number of hydrogen-bond acceptors (Lipinski definition) is 0. The minimum Gasteiger partial charge on any atom is -0.207 e. The van der Waals surface area contributed by atoms with E-state index < -0.39 is 0 Å². The lowest BCUT2D eigenvalue weighted by molar-refractivity contribution is 0.112. The second-order valence-corrected chi connectivity index (χ2v) is 10.7. The van der Waals surface area contributed by atoms with Crippen LogP contribution in [0.15, 0.2) is 12.1 Å². The molecule has 0 aliphatic heterocycles. The summed E-state index contributed by atoms with van der Waals surface area (Å²) in [6.07, 6.45) is 19.8. The van der Waals surface area contributed by atoms with Gasteiger partial charge in [-0.2, -0.15) is 0 Å². The van der Waals surface area contributed by atoms with E-state index in [4.69, 9.17) is 0 Å². The van der Waals surface area contributed by atoms with Crippen LogP contribution in [0.5, 0.6) is 0 Å². The van der Waals surface area contributed by atoms with Gasteiger partial charge in [0.05, 0.1) is 0 Å². The number of unbranched alkanes of at least 4 members (excludes halogenated alkanes) is 2. The van der Waals surface area contributed by atoms with E-state index in [9.17, 15) is 0 Å². The van der Waals surface area contributed by atoms with Gasteiger partial charge in [0.2, 0.25) is 0 Å². The van der Waals surface area contributed by atoms with Crippen LogP contribution in [0.25, 0.3) is 0 Å². The first kappa shape index (κ1) is 21.4. The molecule has 29 heavy (non-hydrogen) atoms. The lowest BCUT2D eigenvalue weighted by Crippen LogP contribution is -2.31. The highest BCUT2D eigenvalue weighted by Crippen LogP contribution is 2.49. The van der Waals surface area contributed by atoms with Crippen LogP contribution >= 0.6 is 0 Å². The van der Waals surface area contributed by atoms with Gasteiger partial charge in [0.25, 0.3) is 0 Å². The maximum Gasteiger partial charge on any atom is 0.126 e. The van der Waals surface area contributed by atoms with Gasteiger partial charge in [-0.1, -0.05) is 64.9 Å². The van der Waals surface area contributed by atoms with E-state index in [2.05, 4.69) is 19.9 Å². The van der Waals surface area contributed by atoms with Crippen LogP contribution in [-0.4, -0.2) is 0 Å². The number of hydrogen-bond donors (Lipinski definition) is 0. The Morgan fingerprint density at radius 3 is 2.31 bits per heavy atom. The third-order valence-corrected chi connectivity index (χ3v) is 8.74. The van der Waals surface area contributed by atoms with Gasteiger partial charge in [-0.05, 0) is 104 Å². The van der Waals surface area contributed by atoms with E-state index in [1.54, 1.807) is 0 Å². The smallest absolute Gasteiger partial charge is 0.126 e. The largest absolute Gasteiger partial charge is 0.207 e. The van der Waals surface area contributed by atoms with E-state index in [1.165, 1.54) is 101 Å². The first-order valence-electron chi connectivity index (χ1n) is 13.0. The van der Waals surface area contributed by atoms with Gasteiger partial charge in [0.15, 0.2) is 0 Å². The van der Waals surface area contributed by atoms with Crippen molar-refractivity contribution in [1.29, 1.82) is 0 Å². The zero-order valence-electron chi connectivity index (χ0n) is 19.0. The molecule has 0 radical (unpaired) electrons. The summed E-state index contributed by atoms with van der Waals surface area (Å²) in [6.45, 7) is 4.59. The number of rotatable bonds is 7. The van der Waals surface area contributed by atoms with Crippen LogP contribution in [0.4, 0.5) is 4.39 Å². The van der Waals surface area contributed by atoms with Gasteiger partial charge in [-0.25, -0.2) is 4.39 Å². The standard InChI is InChI=1S/C28H43F/c1-3-5-7-20-9-11-23-17-25(14-13-22(23)15-20)27-18-24-12-10-21(8-6-4-2)16-26(24)19-28(27)29/h18-23,25H,3-17H2,1-2H3. The van der Waals surface area contributed by atoms with E-state index in [-0.39, 0.29) is 5.82 Å². The lowest BCUT2D eigenvalue weighted by atomic mass is 9.63. The van der Waals surface area contributed by atoms with Crippen LogP contribution in [0.2, 0.25) is 0 Å². The van der Waals surface area contributed by atoms with Crippen LogP contribution in [0.3, 0.4) is 0 Å². The van der Waals surface area contributed by atoms with Crippen molar-refractivity contribution in [3.63, 3.8) is 0 Å². The molecule has 0 nitrogen and oxygen atoms in total. The number of benzene rings is 1. The van der Waals surface area contributed by atoms with Gasteiger partial charge in [0.1, 0.15) is 5.82 Å². The quantitative estimate of drug-likeness (QED) is 0.431. The van der Waals surface area contributed by atoms with E-state index in [0.29, 0.717) is 5.92 Å². The predicted octanol–water partition coefficient (Wildman–Crippen LogP) is 8.61. The van der Waals surface area contributed by atoms with Crippen molar-refractivity contribution in [1.82, 2.24) is 0 Å². The van der Waals surface area contributed by atoms with Crippen molar-refractivity contribution >= 4 is 0 Å². The molecule has 5 atom stereocenters. The molecule has 1 aromatic rings. The maximum absolute atomic E-state index is 15.2. The minimum atomic E-state index is 0.111. The molecule has 0 aromatic heterocycles. The molecule has 5 unspecified atom stereocenters. The van der Waals surface area contributed by atoms with Crippen molar-refractivity contribution in [2.24, 2.45) is 23.7 Å². The fourth-order valence-corrected chi connectivity index (χ4v) is 6.95. The number of fused-ring (bicyclic) bond motifs is 2. The number of halogens is 1. The van der Waals surface area contributed by atoms with Gasteiger partial charge in [-0.15, -0.1) is 0 Å². The molecule has 3 aliphatic carbocycles. The van der Waals surface area contributed by atoms with Gasteiger partial charge >= 0.3 is 0 Å². The first-order valence-corrected chi connectivity index (χ1v) is 13.0. The molecule has 1 heteroatoms. The average molecular weight is 399 g/mol.